The van der Waals surface area contributed by atoms with Crippen molar-refractivity contribution in [1.82, 2.24) is 0 Å². The van der Waals surface area contributed by atoms with Crippen molar-refractivity contribution >= 4 is 11.9 Å². The van der Waals surface area contributed by atoms with E-state index < -0.39 is 23.6 Å². The summed E-state index contributed by atoms with van der Waals surface area (Å²) >= 11 is 0. The predicted molar refractivity (Wildman–Crippen MR) is 98.5 cm³/mol. The standard InChI is InChI=1S/C21H30O6/c1-12-17(23)18(24)21(3)14(19(25)26-4)6-5-7-15(21)20(12,2)9-8-13-10-16(22)27-11-13/h6,10,12,15,17-18,23-24H,5,7-9,11H2,1-4H3/t12-,15-,17+,18+,20+,21+/m1/s1. The monoisotopic (exact) mass is 378 g/mol. The molecule has 0 aromatic carbocycles. The molecule has 1 heterocycles. The van der Waals surface area contributed by atoms with Crippen molar-refractivity contribution in [2.45, 2.75) is 58.7 Å². The molecule has 1 fully saturated rings. The van der Waals surface area contributed by atoms with Crippen LogP contribution in [0, 0.1) is 22.7 Å². The average Bonchev–Trinajstić information content (AvgIpc) is 3.08. The third-order valence-corrected chi connectivity index (χ3v) is 7.51. The van der Waals surface area contributed by atoms with Gasteiger partial charge in [-0.2, -0.15) is 0 Å². The van der Waals surface area contributed by atoms with Crippen LogP contribution in [0.3, 0.4) is 0 Å². The lowest BCUT2D eigenvalue weighted by molar-refractivity contribution is -0.194. The second-order valence-corrected chi connectivity index (χ2v) is 8.66. The van der Waals surface area contributed by atoms with Gasteiger partial charge in [0, 0.05) is 17.1 Å². The van der Waals surface area contributed by atoms with Gasteiger partial charge in [0.2, 0.25) is 0 Å². The normalized spacial score (nSPS) is 41.3. The minimum Gasteiger partial charge on any atom is -0.466 e. The molecular weight excluding hydrogens is 348 g/mol. The van der Waals surface area contributed by atoms with Crippen molar-refractivity contribution < 1.29 is 29.3 Å². The van der Waals surface area contributed by atoms with Gasteiger partial charge in [-0.1, -0.05) is 26.8 Å². The Hall–Kier alpha value is -1.66. The number of allylic oxidation sites excluding steroid dienone is 1. The van der Waals surface area contributed by atoms with Crippen LogP contribution in [0.2, 0.25) is 0 Å². The van der Waals surface area contributed by atoms with Crippen LogP contribution in [0.5, 0.6) is 0 Å². The first-order valence-corrected chi connectivity index (χ1v) is 9.67. The van der Waals surface area contributed by atoms with E-state index >= 15 is 0 Å². The number of hydrogen-bond acceptors (Lipinski definition) is 6. The third kappa shape index (κ3) is 3.03. The van der Waals surface area contributed by atoms with Crippen molar-refractivity contribution in [1.29, 1.82) is 0 Å². The molecule has 3 aliphatic rings. The molecule has 0 aromatic heterocycles. The van der Waals surface area contributed by atoms with Crippen LogP contribution < -0.4 is 0 Å². The highest BCUT2D eigenvalue weighted by molar-refractivity contribution is 5.90. The van der Waals surface area contributed by atoms with Gasteiger partial charge >= 0.3 is 11.9 Å². The zero-order valence-electron chi connectivity index (χ0n) is 16.5. The number of carbonyl (C=O) groups excluding carboxylic acids is 2. The largest absolute Gasteiger partial charge is 0.466 e. The average molecular weight is 378 g/mol. The maximum atomic E-state index is 12.4. The number of methoxy groups -OCH3 is 1. The lowest BCUT2D eigenvalue weighted by Gasteiger charge is -2.61. The minimum absolute atomic E-state index is 0.0103. The summed E-state index contributed by atoms with van der Waals surface area (Å²) in [6.07, 6.45) is 4.41. The summed E-state index contributed by atoms with van der Waals surface area (Å²) in [7, 11) is 1.34. The van der Waals surface area contributed by atoms with E-state index in [1.807, 2.05) is 19.9 Å². The van der Waals surface area contributed by atoms with Gasteiger partial charge in [0.1, 0.15) is 6.61 Å². The maximum Gasteiger partial charge on any atom is 0.334 e. The van der Waals surface area contributed by atoms with Gasteiger partial charge in [0.05, 0.1) is 19.3 Å². The molecule has 0 amide bonds. The topological polar surface area (TPSA) is 93.1 Å². The Morgan fingerprint density at radius 1 is 1.37 bits per heavy atom. The lowest BCUT2D eigenvalue weighted by Crippen LogP contribution is -2.63. The molecule has 3 rings (SSSR count). The number of cyclic esters (lactones) is 1. The Morgan fingerprint density at radius 2 is 2.07 bits per heavy atom. The van der Waals surface area contributed by atoms with Crippen LogP contribution in [0.15, 0.2) is 23.3 Å². The maximum absolute atomic E-state index is 12.4. The van der Waals surface area contributed by atoms with Crippen molar-refractivity contribution in [2.24, 2.45) is 22.7 Å². The number of carbonyl (C=O) groups is 2. The molecular formula is C21H30O6. The molecule has 27 heavy (non-hydrogen) atoms. The van der Waals surface area contributed by atoms with E-state index in [0.717, 1.165) is 24.8 Å². The van der Waals surface area contributed by atoms with E-state index in [1.165, 1.54) is 7.11 Å². The Morgan fingerprint density at radius 3 is 2.67 bits per heavy atom. The molecule has 0 spiro atoms. The van der Waals surface area contributed by atoms with E-state index in [9.17, 15) is 19.8 Å². The zero-order chi connectivity index (χ0) is 20.0. The van der Waals surface area contributed by atoms with Gasteiger partial charge in [-0.25, -0.2) is 9.59 Å². The van der Waals surface area contributed by atoms with Gasteiger partial charge in [-0.3, -0.25) is 0 Å². The Labute approximate surface area is 160 Å². The Balaban J connectivity index is 1.96. The molecule has 6 nitrogen and oxygen atoms in total. The van der Waals surface area contributed by atoms with Crippen LogP contribution in [-0.4, -0.2) is 48.1 Å². The minimum atomic E-state index is -1.04. The number of aliphatic hydroxyl groups excluding tert-OH is 2. The molecule has 1 aliphatic heterocycles. The fraction of sp³-hybridized carbons (Fsp3) is 0.714. The number of esters is 2. The highest BCUT2D eigenvalue weighted by Gasteiger charge is 2.62. The Kier molecular flexibility index (Phi) is 5.25. The van der Waals surface area contributed by atoms with E-state index in [0.29, 0.717) is 18.6 Å². The molecule has 1 saturated carbocycles. The van der Waals surface area contributed by atoms with E-state index in [2.05, 4.69) is 6.92 Å². The number of ether oxygens (including phenoxy) is 2. The van der Waals surface area contributed by atoms with Gasteiger partial charge in [-0.05, 0) is 48.5 Å². The summed E-state index contributed by atoms with van der Waals surface area (Å²) in [6.45, 7) is 6.30. The Bertz CT molecular complexity index is 695. The third-order valence-electron chi connectivity index (χ3n) is 7.51. The van der Waals surface area contributed by atoms with E-state index in [4.69, 9.17) is 9.47 Å². The summed E-state index contributed by atoms with van der Waals surface area (Å²) in [6, 6.07) is 0. The fourth-order valence-electron chi connectivity index (χ4n) is 5.62. The number of hydrogen-bond donors (Lipinski definition) is 2. The quantitative estimate of drug-likeness (QED) is 0.728. The first kappa shape index (κ1) is 20.1. The van der Waals surface area contributed by atoms with Crippen LogP contribution in [0.4, 0.5) is 0 Å². The van der Waals surface area contributed by atoms with Gasteiger partial charge in [-0.15, -0.1) is 0 Å². The molecule has 0 bridgehead atoms. The fourth-order valence-corrected chi connectivity index (χ4v) is 5.62. The number of fused-ring (bicyclic) bond motifs is 1. The summed E-state index contributed by atoms with van der Waals surface area (Å²) < 4.78 is 9.97. The molecule has 0 aromatic rings. The van der Waals surface area contributed by atoms with Gasteiger partial charge < -0.3 is 19.7 Å². The van der Waals surface area contributed by atoms with Crippen molar-refractivity contribution in [3.05, 3.63) is 23.3 Å². The first-order chi connectivity index (χ1) is 12.7. The summed E-state index contributed by atoms with van der Waals surface area (Å²) in [5, 5.41) is 21.9. The molecule has 2 N–H and O–H groups in total. The zero-order valence-corrected chi connectivity index (χ0v) is 16.5. The lowest BCUT2D eigenvalue weighted by atomic mass is 9.45. The highest BCUT2D eigenvalue weighted by Crippen LogP contribution is 2.62. The predicted octanol–water partition coefficient (Wildman–Crippen LogP) is 2.14. The molecule has 2 aliphatic carbocycles. The van der Waals surface area contributed by atoms with Crippen LogP contribution >= 0.6 is 0 Å². The summed E-state index contributed by atoms with van der Waals surface area (Å²) in [5.74, 6) is -0.888. The smallest absolute Gasteiger partial charge is 0.334 e. The van der Waals surface area contributed by atoms with E-state index in [-0.39, 0.29) is 23.2 Å². The number of rotatable bonds is 4. The van der Waals surface area contributed by atoms with Crippen LogP contribution in [0.25, 0.3) is 0 Å². The molecule has 150 valence electrons. The van der Waals surface area contributed by atoms with Gasteiger partial charge in [0.15, 0.2) is 0 Å². The van der Waals surface area contributed by atoms with Gasteiger partial charge in [0.25, 0.3) is 0 Å². The summed E-state index contributed by atoms with van der Waals surface area (Å²) in [5.41, 5.74) is 0.232. The molecule has 6 atom stereocenters. The van der Waals surface area contributed by atoms with Crippen LogP contribution in [-0.2, 0) is 19.1 Å². The highest BCUT2D eigenvalue weighted by atomic mass is 16.5. The van der Waals surface area contributed by atoms with Crippen molar-refractivity contribution in [2.75, 3.05) is 13.7 Å². The SMILES string of the molecule is COC(=O)C1=CCC[C@@H]2[C@@](C)(CCC3=CC(=O)OC3)[C@H](C)[C@H](O)[C@H](O)[C@@]12C. The molecule has 0 saturated heterocycles. The second-order valence-electron chi connectivity index (χ2n) is 8.66. The van der Waals surface area contributed by atoms with Crippen LogP contribution in [0.1, 0.15) is 46.5 Å². The van der Waals surface area contributed by atoms with Crippen molar-refractivity contribution in [3.8, 4) is 0 Å². The summed E-state index contributed by atoms with van der Waals surface area (Å²) in [4.78, 5) is 23.8. The second kappa shape index (κ2) is 7.06. The number of aliphatic hydroxyl groups is 2. The van der Waals surface area contributed by atoms with Crippen molar-refractivity contribution in [3.63, 3.8) is 0 Å². The first-order valence-electron chi connectivity index (χ1n) is 9.67. The van der Waals surface area contributed by atoms with E-state index in [1.54, 1.807) is 6.08 Å². The molecule has 6 heteroatoms. The molecule has 0 radical (unpaired) electrons. The molecule has 0 unspecified atom stereocenters.